The first-order valence-corrected chi connectivity index (χ1v) is 7.76. The van der Waals surface area contributed by atoms with Crippen molar-refractivity contribution in [2.45, 2.75) is 12.5 Å². The molecule has 24 heavy (non-hydrogen) atoms. The van der Waals surface area contributed by atoms with E-state index < -0.39 is 23.3 Å². The van der Waals surface area contributed by atoms with Crippen LogP contribution in [-0.4, -0.2) is 52.7 Å². The van der Waals surface area contributed by atoms with E-state index in [0.29, 0.717) is 22.5 Å². The van der Waals surface area contributed by atoms with Gasteiger partial charge in [-0.25, -0.2) is 0 Å². The van der Waals surface area contributed by atoms with E-state index in [9.17, 15) is 14.4 Å². The van der Waals surface area contributed by atoms with Crippen molar-refractivity contribution >= 4 is 34.4 Å². The van der Waals surface area contributed by atoms with Crippen LogP contribution in [-0.2, 0) is 9.53 Å². The minimum absolute atomic E-state index is 0.0258. The molecule has 2 aromatic rings. The van der Waals surface area contributed by atoms with Crippen LogP contribution >= 0.6 is 11.6 Å². The van der Waals surface area contributed by atoms with Crippen molar-refractivity contribution in [3.63, 3.8) is 0 Å². The summed E-state index contributed by atoms with van der Waals surface area (Å²) in [5.74, 6) is -1.52. The Morgan fingerprint density at radius 3 is 2.96 bits per heavy atom. The number of benzene rings is 1. The normalized spacial score (nSPS) is 17.9. The first-order valence-electron chi connectivity index (χ1n) is 7.39. The lowest BCUT2D eigenvalue weighted by atomic mass is 10.1. The maximum atomic E-state index is 12.8. The fourth-order valence-electron chi connectivity index (χ4n) is 2.80. The summed E-state index contributed by atoms with van der Waals surface area (Å²) in [6, 6.07) is 4.15. The maximum absolute atomic E-state index is 12.8. The minimum atomic E-state index is -1.02. The van der Waals surface area contributed by atoms with Gasteiger partial charge >= 0.3 is 5.97 Å². The van der Waals surface area contributed by atoms with Gasteiger partial charge in [0.15, 0.2) is 0 Å². The number of H-pyrrole nitrogens is 1. The number of pyridine rings is 1. The van der Waals surface area contributed by atoms with Crippen LogP contribution in [0.2, 0.25) is 5.02 Å². The second-order valence-electron chi connectivity index (χ2n) is 5.55. The number of aromatic amines is 1. The van der Waals surface area contributed by atoms with Gasteiger partial charge in [-0.1, -0.05) is 11.6 Å². The van der Waals surface area contributed by atoms with E-state index in [1.165, 1.54) is 11.1 Å². The third-order valence-corrected chi connectivity index (χ3v) is 4.21. The van der Waals surface area contributed by atoms with Gasteiger partial charge in [-0.3, -0.25) is 14.4 Å². The second-order valence-corrected chi connectivity index (χ2v) is 5.98. The highest BCUT2D eigenvalue weighted by Crippen LogP contribution is 2.17. The fourth-order valence-corrected chi connectivity index (χ4v) is 2.97. The van der Waals surface area contributed by atoms with Crippen molar-refractivity contribution in [2.75, 3.05) is 19.8 Å². The number of ether oxygens (including phenoxy) is 1. The summed E-state index contributed by atoms with van der Waals surface area (Å²) in [5.41, 5.74) is 0.0983. The highest BCUT2D eigenvalue weighted by atomic mass is 35.5. The van der Waals surface area contributed by atoms with Crippen molar-refractivity contribution in [1.82, 2.24) is 9.88 Å². The zero-order chi connectivity index (χ0) is 17.3. The lowest BCUT2D eigenvalue weighted by molar-refractivity contribution is -0.139. The number of carboxylic acids is 1. The second kappa shape index (κ2) is 6.62. The molecule has 1 aromatic heterocycles. The number of carbonyl (C=O) groups is 2. The maximum Gasteiger partial charge on any atom is 0.305 e. The largest absolute Gasteiger partial charge is 0.481 e. The molecule has 0 unspecified atom stereocenters. The van der Waals surface area contributed by atoms with Crippen LogP contribution in [0.3, 0.4) is 0 Å². The zero-order valence-corrected chi connectivity index (χ0v) is 13.4. The average Bonchev–Trinajstić information content (AvgIpc) is 2.54. The number of halogens is 1. The first-order chi connectivity index (χ1) is 11.5. The first kappa shape index (κ1) is 16.5. The van der Waals surface area contributed by atoms with Gasteiger partial charge in [0.2, 0.25) is 5.43 Å². The van der Waals surface area contributed by atoms with Crippen molar-refractivity contribution in [2.24, 2.45) is 0 Å². The molecular weight excluding hydrogens is 336 g/mol. The molecule has 1 aromatic carbocycles. The molecule has 126 valence electrons. The molecule has 1 atom stereocenters. The number of amides is 1. The van der Waals surface area contributed by atoms with Crippen LogP contribution in [0.4, 0.5) is 0 Å². The topological polar surface area (TPSA) is 99.7 Å². The van der Waals surface area contributed by atoms with Crippen molar-refractivity contribution in [1.29, 1.82) is 0 Å². The number of hydrogen-bond donors (Lipinski definition) is 2. The monoisotopic (exact) mass is 350 g/mol. The molecule has 0 saturated carbocycles. The Kier molecular flexibility index (Phi) is 4.55. The van der Waals surface area contributed by atoms with E-state index in [1.807, 2.05) is 0 Å². The van der Waals surface area contributed by atoms with Crippen LogP contribution in [0.25, 0.3) is 10.9 Å². The minimum Gasteiger partial charge on any atom is -0.481 e. The molecule has 0 radical (unpaired) electrons. The fraction of sp³-hybridized carbons (Fsp3) is 0.312. The van der Waals surface area contributed by atoms with Crippen molar-refractivity contribution in [3.8, 4) is 0 Å². The summed E-state index contributed by atoms with van der Waals surface area (Å²) >= 11 is 5.90. The summed E-state index contributed by atoms with van der Waals surface area (Å²) in [5, 5.41) is 9.82. The zero-order valence-electron chi connectivity index (χ0n) is 12.6. The lowest BCUT2D eigenvalue weighted by Gasteiger charge is -2.34. The number of hydrogen-bond acceptors (Lipinski definition) is 4. The summed E-state index contributed by atoms with van der Waals surface area (Å²) in [4.78, 5) is 40.6. The predicted molar refractivity (Wildman–Crippen MR) is 87.5 cm³/mol. The number of aromatic nitrogens is 1. The highest BCUT2D eigenvalue weighted by Gasteiger charge is 2.31. The number of rotatable bonds is 3. The van der Waals surface area contributed by atoms with Gasteiger partial charge in [-0.15, -0.1) is 0 Å². The summed E-state index contributed by atoms with van der Waals surface area (Å²) in [7, 11) is 0. The molecule has 1 amide bonds. The third kappa shape index (κ3) is 3.13. The van der Waals surface area contributed by atoms with Gasteiger partial charge in [-0.05, 0) is 18.2 Å². The molecule has 1 aliphatic heterocycles. The van der Waals surface area contributed by atoms with E-state index in [2.05, 4.69) is 4.98 Å². The van der Waals surface area contributed by atoms with E-state index in [-0.39, 0.29) is 25.1 Å². The molecule has 0 aliphatic carbocycles. The molecule has 0 bridgehead atoms. The molecule has 2 N–H and O–H groups in total. The molecule has 1 aliphatic rings. The summed E-state index contributed by atoms with van der Waals surface area (Å²) in [6.07, 6.45) is 1.11. The number of fused-ring (bicyclic) bond motifs is 1. The van der Waals surface area contributed by atoms with Crippen molar-refractivity contribution in [3.05, 3.63) is 45.2 Å². The van der Waals surface area contributed by atoms with Gasteiger partial charge in [0.25, 0.3) is 5.91 Å². The summed E-state index contributed by atoms with van der Waals surface area (Å²) < 4.78 is 5.26. The average molecular weight is 351 g/mol. The molecule has 1 fully saturated rings. The van der Waals surface area contributed by atoms with Gasteiger partial charge in [-0.2, -0.15) is 0 Å². The Labute approximate surface area is 141 Å². The molecule has 3 rings (SSSR count). The molecular formula is C16H15ClN2O5. The smallest absolute Gasteiger partial charge is 0.305 e. The number of morpholine rings is 1. The van der Waals surface area contributed by atoms with Gasteiger partial charge in [0.1, 0.15) is 5.56 Å². The number of nitrogens with one attached hydrogen (secondary N) is 1. The van der Waals surface area contributed by atoms with Crippen molar-refractivity contribution < 1.29 is 19.4 Å². The molecule has 7 nitrogen and oxygen atoms in total. The number of carboxylic acid groups (broad SMARTS) is 1. The predicted octanol–water partition coefficient (Wildman–Crippen LogP) is 1.50. The number of carbonyl (C=O) groups excluding carboxylic acids is 1. The Morgan fingerprint density at radius 2 is 2.21 bits per heavy atom. The Morgan fingerprint density at radius 1 is 1.42 bits per heavy atom. The third-order valence-electron chi connectivity index (χ3n) is 3.97. The quantitative estimate of drug-likeness (QED) is 0.873. The van der Waals surface area contributed by atoms with Crippen LogP contribution in [0, 0.1) is 0 Å². The Bertz CT molecular complexity index is 863. The highest BCUT2D eigenvalue weighted by molar-refractivity contribution is 6.31. The molecule has 8 heteroatoms. The number of nitrogens with zero attached hydrogens (tertiary/aromatic N) is 1. The Balaban J connectivity index is 1.98. The van der Waals surface area contributed by atoms with Crippen LogP contribution < -0.4 is 5.43 Å². The van der Waals surface area contributed by atoms with Gasteiger partial charge < -0.3 is 19.7 Å². The Hall–Kier alpha value is -2.38. The van der Waals surface area contributed by atoms with Crippen LogP contribution in [0.15, 0.2) is 29.2 Å². The van der Waals surface area contributed by atoms with Crippen LogP contribution in [0.5, 0.6) is 0 Å². The summed E-state index contributed by atoms with van der Waals surface area (Å²) in [6.45, 7) is 0.691. The number of aliphatic carboxylic acids is 1. The lowest BCUT2D eigenvalue weighted by Crippen LogP contribution is -2.50. The van der Waals surface area contributed by atoms with Crippen LogP contribution in [0.1, 0.15) is 16.8 Å². The molecule has 0 spiro atoms. The van der Waals surface area contributed by atoms with E-state index in [4.69, 9.17) is 21.4 Å². The van der Waals surface area contributed by atoms with E-state index >= 15 is 0 Å². The standard InChI is InChI=1S/C16H15ClN2O5/c17-9-1-2-11-13(5-9)18-7-12(15(11)22)16(23)19-3-4-24-8-10(19)6-14(20)21/h1-2,5,7,10H,3-4,6,8H2,(H,18,22)(H,20,21)/t10-/m0/s1. The molecule has 2 heterocycles. The van der Waals surface area contributed by atoms with E-state index in [0.717, 1.165) is 0 Å². The van der Waals surface area contributed by atoms with Gasteiger partial charge in [0, 0.05) is 23.2 Å². The molecule has 1 saturated heterocycles. The SMILES string of the molecule is O=C(O)C[C@H]1COCCN1C(=O)c1c[nH]c2cc(Cl)ccc2c1=O. The van der Waals surface area contributed by atoms with E-state index in [1.54, 1.807) is 18.2 Å². The van der Waals surface area contributed by atoms with Gasteiger partial charge in [0.05, 0.1) is 31.2 Å².